The maximum Gasteiger partial charge on any atom is 0.0708 e. The molecule has 0 radical (unpaired) electrons. The van der Waals surface area contributed by atoms with Crippen molar-refractivity contribution in [3.05, 3.63) is 86.4 Å². The SMILES string of the molecule is CC1=C(SCc2ccc(N)cc2)S/C(=C2\SC(C)=C(SCc3ccc(N)cc3)S2)S1. The molecule has 0 fully saturated rings. The average Bonchev–Trinajstić information content (AvgIpc) is 3.29. The van der Waals surface area contributed by atoms with E-state index in [2.05, 4.69) is 38.1 Å². The fourth-order valence-electron chi connectivity index (χ4n) is 2.67. The molecule has 2 aliphatic heterocycles. The molecular weight excluding hydrogens is 485 g/mol. The van der Waals surface area contributed by atoms with Gasteiger partial charge in [-0.05, 0) is 49.2 Å². The lowest BCUT2D eigenvalue weighted by molar-refractivity contribution is 1.42. The molecule has 156 valence electrons. The first-order chi connectivity index (χ1) is 14.5. The standard InChI is InChI=1S/C22H22N2S6/c1-13-19(25-11-15-3-7-17(23)8-4-15)29-21(27-13)22-28-14(2)20(30-22)26-12-16-5-9-18(24)10-6-16/h3-10H,11-12,23-24H2,1-2H3/b22-21+. The minimum absolute atomic E-state index is 0.820. The average molecular weight is 507 g/mol. The van der Waals surface area contributed by atoms with Gasteiger partial charge < -0.3 is 11.5 Å². The second-order valence-corrected chi connectivity index (χ2v) is 14.2. The van der Waals surface area contributed by atoms with E-state index >= 15 is 0 Å². The van der Waals surface area contributed by atoms with Crippen LogP contribution < -0.4 is 11.5 Å². The molecule has 0 spiro atoms. The molecule has 2 aromatic carbocycles. The second kappa shape index (κ2) is 10.3. The van der Waals surface area contributed by atoms with Crippen LogP contribution in [0.5, 0.6) is 0 Å². The summed E-state index contributed by atoms with van der Waals surface area (Å²) in [6, 6.07) is 16.4. The summed E-state index contributed by atoms with van der Waals surface area (Å²) in [4.78, 5) is 2.81. The summed E-state index contributed by atoms with van der Waals surface area (Å²) >= 11 is 11.5. The number of rotatable bonds is 6. The molecule has 0 aliphatic carbocycles. The van der Waals surface area contributed by atoms with E-state index < -0.39 is 0 Å². The van der Waals surface area contributed by atoms with Gasteiger partial charge in [0.2, 0.25) is 0 Å². The molecule has 2 nitrogen and oxygen atoms in total. The normalized spacial score (nSPS) is 19.3. The predicted molar refractivity (Wildman–Crippen MR) is 147 cm³/mol. The molecule has 0 amide bonds. The molecule has 2 aromatic rings. The van der Waals surface area contributed by atoms with Gasteiger partial charge in [-0.15, -0.1) is 23.5 Å². The number of thioether (sulfide) groups is 6. The van der Waals surface area contributed by atoms with Crippen LogP contribution in [0.1, 0.15) is 25.0 Å². The van der Waals surface area contributed by atoms with Gasteiger partial charge in [0.25, 0.3) is 0 Å². The minimum Gasteiger partial charge on any atom is -0.399 e. The number of allylic oxidation sites excluding steroid dienone is 2. The highest BCUT2D eigenvalue weighted by atomic mass is 32.2. The number of benzene rings is 2. The third kappa shape index (κ3) is 5.78. The molecule has 30 heavy (non-hydrogen) atoms. The van der Waals surface area contributed by atoms with Crippen molar-refractivity contribution in [3.8, 4) is 0 Å². The third-order valence-corrected chi connectivity index (χ3v) is 13.2. The third-order valence-electron chi connectivity index (χ3n) is 4.30. The summed E-state index contributed by atoms with van der Waals surface area (Å²) in [6.45, 7) is 4.47. The molecule has 0 saturated heterocycles. The first-order valence-electron chi connectivity index (χ1n) is 9.30. The molecule has 0 bridgehead atoms. The van der Waals surface area contributed by atoms with Crippen molar-refractivity contribution in [2.75, 3.05) is 11.5 Å². The lowest BCUT2D eigenvalue weighted by atomic mass is 10.2. The van der Waals surface area contributed by atoms with Gasteiger partial charge in [0, 0.05) is 32.7 Å². The van der Waals surface area contributed by atoms with E-state index in [-0.39, 0.29) is 0 Å². The Kier molecular flexibility index (Phi) is 7.76. The Morgan fingerprint density at radius 1 is 0.600 bits per heavy atom. The van der Waals surface area contributed by atoms with Crippen molar-refractivity contribution in [2.45, 2.75) is 25.4 Å². The van der Waals surface area contributed by atoms with Crippen LogP contribution in [0.25, 0.3) is 0 Å². The summed E-state index contributed by atoms with van der Waals surface area (Å²) in [7, 11) is 0. The van der Waals surface area contributed by atoms with Gasteiger partial charge in [0.1, 0.15) is 0 Å². The molecule has 4 rings (SSSR count). The molecule has 0 saturated carbocycles. The topological polar surface area (TPSA) is 52.0 Å². The number of hydrogen-bond acceptors (Lipinski definition) is 8. The van der Waals surface area contributed by atoms with Crippen LogP contribution in [0, 0.1) is 0 Å². The second-order valence-electron chi connectivity index (χ2n) is 6.73. The molecule has 0 aromatic heterocycles. The van der Waals surface area contributed by atoms with Crippen molar-refractivity contribution in [1.29, 1.82) is 0 Å². The van der Waals surface area contributed by atoms with Crippen molar-refractivity contribution >= 4 is 81.9 Å². The zero-order valence-corrected chi connectivity index (χ0v) is 21.5. The van der Waals surface area contributed by atoms with Crippen molar-refractivity contribution in [3.63, 3.8) is 0 Å². The van der Waals surface area contributed by atoms with Crippen molar-refractivity contribution < 1.29 is 0 Å². The van der Waals surface area contributed by atoms with Gasteiger partial charge in [-0.3, -0.25) is 0 Å². The van der Waals surface area contributed by atoms with E-state index in [0.717, 1.165) is 22.9 Å². The lowest BCUT2D eigenvalue weighted by Crippen LogP contribution is -1.85. The number of anilines is 2. The van der Waals surface area contributed by atoms with Crippen LogP contribution in [0.15, 0.2) is 75.3 Å². The van der Waals surface area contributed by atoms with Gasteiger partial charge in [-0.25, -0.2) is 0 Å². The van der Waals surface area contributed by atoms with Gasteiger partial charge >= 0.3 is 0 Å². The monoisotopic (exact) mass is 506 g/mol. The Bertz CT molecular complexity index is 939. The fraction of sp³-hybridized carbons (Fsp3) is 0.182. The van der Waals surface area contributed by atoms with E-state index in [1.807, 2.05) is 94.8 Å². The number of nitrogens with two attached hydrogens (primary N) is 2. The fourth-order valence-corrected chi connectivity index (χ4v) is 11.1. The predicted octanol–water partition coefficient (Wildman–Crippen LogP) is 8.48. The van der Waals surface area contributed by atoms with Gasteiger partial charge in [0.05, 0.1) is 16.9 Å². The molecular formula is C22H22N2S6. The van der Waals surface area contributed by atoms with E-state index in [0.29, 0.717) is 0 Å². The highest BCUT2D eigenvalue weighted by Crippen LogP contribution is 2.63. The lowest BCUT2D eigenvalue weighted by Gasteiger charge is -2.05. The van der Waals surface area contributed by atoms with E-state index in [9.17, 15) is 0 Å². The first kappa shape index (κ1) is 22.6. The van der Waals surface area contributed by atoms with Crippen LogP contribution in [-0.4, -0.2) is 0 Å². The van der Waals surface area contributed by atoms with E-state index in [1.165, 1.54) is 37.9 Å². The van der Waals surface area contributed by atoms with Crippen LogP contribution >= 0.6 is 70.6 Å². The highest BCUT2D eigenvalue weighted by Gasteiger charge is 2.27. The molecule has 2 aliphatic rings. The Balaban J connectivity index is 1.33. The summed E-state index contributed by atoms with van der Waals surface area (Å²) in [5.74, 6) is 1.95. The zero-order chi connectivity index (χ0) is 21.1. The van der Waals surface area contributed by atoms with E-state index in [1.54, 1.807) is 0 Å². The summed E-state index contributed by atoms with van der Waals surface area (Å²) in [5.41, 5.74) is 15.8. The number of nitrogen functional groups attached to an aromatic ring is 2. The van der Waals surface area contributed by atoms with Gasteiger partial charge in [-0.2, -0.15) is 0 Å². The molecule has 2 heterocycles. The molecule has 8 heteroatoms. The smallest absolute Gasteiger partial charge is 0.0708 e. The maximum atomic E-state index is 5.79. The van der Waals surface area contributed by atoms with Crippen molar-refractivity contribution in [1.82, 2.24) is 0 Å². The zero-order valence-electron chi connectivity index (χ0n) is 16.6. The molecule has 4 N–H and O–H groups in total. The molecule has 0 atom stereocenters. The largest absolute Gasteiger partial charge is 0.399 e. The van der Waals surface area contributed by atoms with Gasteiger partial charge in [0.15, 0.2) is 0 Å². The van der Waals surface area contributed by atoms with E-state index in [4.69, 9.17) is 11.5 Å². The van der Waals surface area contributed by atoms with Crippen molar-refractivity contribution in [2.24, 2.45) is 0 Å². The molecule has 0 unspecified atom stereocenters. The van der Waals surface area contributed by atoms with Crippen LogP contribution in [0.3, 0.4) is 0 Å². The maximum absolute atomic E-state index is 5.79. The van der Waals surface area contributed by atoms with Crippen LogP contribution in [0.2, 0.25) is 0 Å². The summed E-state index contributed by atoms with van der Waals surface area (Å²) < 4.78 is 5.68. The minimum atomic E-state index is 0.820. The Labute approximate surface area is 203 Å². The van der Waals surface area contributed by atoms with Gasteiger partial charge in [-0.1, -0.05) is 71.3 Å². The summed E-state index contributed by atoms with van der Waals surface area (Å²) in [6.07, 6.45) is 0. The Hall–Kier alpha value is -0.640. The number of hydrogen-bond donors (Lipinski definition) is 2. The van der Waals surface area contributed by atoms with Crippen LogP contribution in [0.4, 0.5) is 11.4 Å². The quantitative estimate of drug-likeness (QED) is 0.378. The Morgan fingerprint density at radius 3 is 1.33 bits per heavy atom. The van der Waals surface area contributed by atoms with Crippen LogP contribution in [-0.2, 0) is 11.5 Å². The summed E-state index contributed by atoms with van der Waals surface area (Å²) in [5, 5.41) is 0. The first-order valence-corrected chi connectivity index (χ1v) is 14.5. The Morgan fingerprint density at radius 2 is 0.967 bits per heavy atom. The highest BCUT2D eigenvalue weighted by molar-refractivity contribution is 8.40.